The first-order valence-electron chi connectivity index (χ1n) is 9.99. The Morgan fingerprint density at radius 2 is 2.07 bits per heavy atom. The summed E-state index contributed by atoms with van der Waals surface area (Å²) < 4.78 is 11.0. The van der Waals surface area contributed by atoms with Gasteiger partial charge in [0.1, 0.15) is 18.4 Å². The average molecular weight is 405 g/mol. The predicted molar refractivity (Wildman–Crippen MR) is 111 cm³/mol. The van der Waals surface area contributed by atoms with E-state index in [2.05, 4.69) is 10.3 Å². The van der Waals surface area contributed by atoms with Crippen LogP contribution in [0.2, 0.25) is 0 Å². The van der Waals surface area contributed by atoms with Gasteiger partial charge < -0.3 is 19.4 Å². The van der Waals surface area contributed by atoms with Crippen molar-refractivity contribution in [3.05, 3.63) is 78.5 Å². The number of carbonyl (C=O) groups excluding carboxylic acids is 2. The molecule has 2 amide bonds. The zero-order valence-electron chi connectivity index (χ0n) is 16.5. The molecule has 1 saturated heterocycles. The molecule has 0 bridgehead atoms. The van der Waals surface area contributed by atoms with Crippen LogP contribution in [0.1, 0.15) is 35.5 Å². The van der Waals surface area contributed by atoms with E-state index >= 15 is 0 Å². The van der Waals surface area contributed by atoms with Crippen LogP contribution in [-0.4, -0.2) is 34.3 Å². The number of pyridine rings is 1. The highest BCUT2D eigenvalue weighted by Crippen LogP contribution is 2.23. The van der Waals surface area contributed by atoms with E-state index in [1.54, 1.807) is 35.4 Å². The number of hydrogen-bond acceptors (Lipinski definition) is 5. The summed E-state index contributed by atoms with van der Waals surface area (Å²) in [6.45, 7) is 0.872. The van der Waals surface area contributed by atoms with Gasteiger partial charge in [0.05, 0.1) is 12.0 Å². The second kappa shape index (κ2) is 9.26. The van der Waals surface area contributed by atoms with Gasteiger partial charge in [-0.15, -0.1) is 0 Å². The molecule has 2 aromatic heterocycles. The number of likely N-dealkylation sites (tertiary alicyclic amines) is 1. The number of nitrogens with zero attached hydrogens (tertiary/aromatic N) is 2. The largest absolute Gasteiger partial charge is 0.487 e. The molecule has 1 aromatic carbocycles. The third kappa shape index (κ3) is 4.68. The van der Waals surface area contributed by atoms with E-state index in [0.717, 1.165) is 18.5 Å². The summed E-state index contributed by atoms with van der Waals surface area (Å²) in [5.74, 6) is 0.411. The molecule has 1 unspecified atom stereocenters. The molecule has 7 heteroatoms. The molecule has 1 aliphatic rings. The molecule has 30 heavy (non-hydrogen) atoms. The van der Waals surface area contributed by atoms with Gasteiger partial charge in [0.25, 0.3) is 5.91 Å². The fourth-order valence-electron chi connectivity index (χ4n) is 3.52. The minimum Gasteiger partial charge on any atom is -0.487 e. The van der Waals surface area contributed by atoms with Crippen LogP contribution in [0.5, 0.6) is 5.75 Å². The lowest BCUT2D eigenvalue weighted by Gasteiger charge is -2.34. The zero-order chi connectivity index (χ0) is 20.8. The van der Waals surface area contributed by atoms with Crippen molar-refractivity contribution in [2.75, 3.05) is 11.9 Å². The Kier molecular flexibility index (Phi) is 6.08. The van der Waals surface area contributed by atoms with Gasteiger partial charge in [-0.2, -0.15) is 0 Å². The fraction of sp³-hybridized carbons (Fsp3) is 0.261. The van der Waals surface area contributed by atoms with Crippen molar-refractivity contribution in [1.82, 2.24) is 9.88 Å². The summed E-state index contributed by atoms with van der Waals surface area (Å²) in [5.41, 5.74) is 1.44. The Bertz CT molecular complexity index is 989. The van der Waals surface area contributed by atoms with Crippen LogP contribution in [-0.2, 0) is 11.4 Å². The normalized spacial score (nSPS) is 16.1. The van der Waals surface area contributed by atoms with Gasteiger partial charge in [-0.1, -0.05) is 12.1 Å². The maximum atomic E-state index is 13.0. The second-order valence-corrected chi connectivity index (χ2v) is 7.11. The number of aromatic nitrogens is 1. The van der Waals surface area contributed by atoms with Crippen molar-refractivity contribution in [3.8, 4) is 5.75 Å². The number of anilines is 1. The minimum absolute atomic E-state index is 0.212. The van der Waals surface area contributed by atoms with Gasteiger partial charge in [0.2, 0.25) is 5.91 Å². The van der Waals surface area contributed by atoms with Gasteiger partial charge >= 0.3 is 0 Å². The molecule has 1 atom stereocenters. The summed E-state index contributed by atoms with van der Waals surface area (Å²) in [6.07, 6.45) is 5.56. The van der Waals surface area contributed by atoms with Crippen LogP contribution in [0.25, 0.3) is 0 Å². The van der Waals surface area contributed by atoms with Crippen LogP contribution in [0.15, 0.2) is 71.5 Å². The molecule has 0 radical (unpaired) electrons. The number of nitrogens with one attached hydrogen (secondary N) is 1. The molecule has 1 aliphatic heterocycles. The van der Waals surface area contributed by atoms with E-state index < -0.39 is 6.04 Å². The third-order valence-corrected chi connectivity index (χ3v) is 5.01. The van der Waals surface area contributed by atoms with Gasteiger partial charge in [-0.25, -0.2) is 0 Å². The molecule has 3 heterocycles. The standard InChI is InChI=1S/C23H23N3O4/c27-22(20-10-2-4-13-26(20)23(28)21-11-6-14-29-21)25-17-8-5-9-19(15-17)30-16-18-7-1-3-12-24-18/h1,3,5-9,11-12,14-15,20H,2,4,10,13,16H2,(H,25,27). The molecule has 1 N–H and O–H groups in total. The number of carbonyl (C=O) groups is 2. The highest BCUT2D eigenvalue weighted by Gasteiger charge is 2.33. The van der Waals surface area contributed by atoms with Crippen LogP contribution >= 0.6 is 0 Å². The SMILES string of the molecule is O=C(Nc1cccc(OCc2ccccn2)c1)C1CCCCN1C(=O)c1ccco1. The topological polar surface area (TPSA) is 84.7 Å². The Labute approximate surface area is 174 Å². The van der Waals surface area contributed by atoms with Gasteiger partial charge in [0, 0.05) is 24.5 Å². The predicted octanol–water partition coefficient (Wildman–Crippen LogP) is 3.89. The minimum atomic E-state index is -0.533. The highest BCUT2D eigenvalue weighted by atomic mass is 16.5. The molecular weight excluding hydrogens is 382 g/mol. The van der Waals surface area contributed by atoms with Gasteiger partial charge in [0.15, 0.2) is 5.76 Å². The first kappa shape index (κ1) is 19.7. The molecule has 1 fully saturated rings. The first-order valence-corrected chi connectivity index (χ1v) is 9.99. The quantitative estimate of drug-likeness (QED) is 0.673. The average Bonchev–Trinajstić information content (AvgIpc) is 3.33. The Morgan fingerprint density at radius 3 is 2.87 bits per heavy atom. The summed E-state index contributed by atoms with van der Waals surface area (Å²) in [5, 5.41) is 2.92. The van der Waals surface area contributed by atoms with Crippen LogP contribution in [0, 0.1) is 0 Å². The number of furan rings is 1. The van der Waals surface area contributed by atoms with Crippen LogP contribution in [0.3, 0.4) is 0 Å². The molecular formula is C23H23N3O4. The second-order valence-electron chi connectivity index (χ2n) is 7.11. The van der Waals surface area contributed by atoms with Crippen LogP contribution in [0.4, 0.5) is 5.69 Å². The number of benzene rings is 1. The lowest BCUT2D eigenvalue weighted by molar-refractivity contribution is -0.121. The van der Waals surface area contributed by atoms with Gasteiger partial charge in [-0.3, -0.25) is 14.6 Å². The Hall–Kier alpha value is -3.61. The Morgan fingerprint density at radius 1 is 1.13 bits per heavy atom. The summed E-state index contributed by atoms with van der Waals surface area (Å²) >= 11 is 0. The van der Waals surface area contributed by atoms with Gasteiger partial charge in [-0.05, 0) is 55.7 Å². The smallest absolute Gasteiger partial charge is 0.290 e. The number of ether oxygens (including phenoxy) is 1. The molecule has 0 saturated carbocycles. The number of amides is 2. The maximum Gasteiger partial charge on any atom is 0.290 e. The zero-order valence-corrected chi connectivity index (χ0v) is 16.5. The van der Waals surface area contributed by atoms with Crippen molar-refractivity contribution >= 4 is 17.5 Å². The monoisotopic (exact) mass is 405 g/mol. The van der Waals surface area contributed by atoms with Crippen LogP contribution < -0.4 is 10.1 Å². The van der Waals surface area contributed by atoms with E-state index in [9.17, 15) is 9.59 Å². The summed E-state index contributed by atoms with van der Waals surface area (Å²) in [6, 6.07) is 15.6. The lowest BCUT2D eigenvalue weighted by Crippen LogP contribution is -2.49. The molecule has 154 valence electrons. The highest BCUT2D eigenvalue weighted by molar-refractivity contribution is 6.00. The molecule has 3 aromatic rings. The molecule has 0 spiro atoms. The first-order chi connectivity index (χ1) is 14.7. The summed E-state index contributed by atoms with van der Waals surface area (Å²) in [4.78, 5) is 31.5. The van der Waals surface area contributed by atoms with E-state index in [1.165, 1.54) is 6.26 Å². The summed E-state index contributed by atoms with van der Waals surface area (Å²) in [7, 11) is 0. The lowest BCUT2D eigenvalue weighted by atomic mass is 10.0. The van der Waals surface area contributed by atoms with Crippen molar-refractivity contribution in [1.29, 1.82) is 0 Å². The fourth-order valence-corrected chi connectivity index (χ4v) is 3.52. The van der Waals surface area contributed by atoms with E-state index in [4.69, 9.17) is 9.15 Å². The van der Waals surface area contributed by atoms with Crippen molar-refractivity contribution < 1.29 is 18.7 Å². The number of piperidine rings is 1. The van der Waals surface area contributed by atoms with E-state index in [1.807, 2.05) is 30.3 Å². The molecule has 7 nitrogen and oxygen atoms in total. The van der Waals surface area contributed by atoms with E-state index in [0.29, 0.717) is 31.0 Å². The number of rotatable bonds is 6. The van der Waals surface area contributed by atoms with Crippen molar-refractivity contribution in [3.63, 3.8) is 0 Å². The maximum absolute atomic E-state index is 13.0. The van der Waals surface area contributed by atoms with E-state index in [-0.39, 0.29) is 17.6 Å². The number of hydrogen-bond donors (Lipinski definition) is 1. The van der Waals surface area contributed by atoms with Crippen molar-refractivity contribution in [2.45, 2.75) is 31.9 Å². The molecule has 4 rings (SSSR count). The molecule has 0 aliphatic carbocycles. The Balaban J connectivity index is 1.41. The third-order valence-electron chi connectivity index (χ3n) is 5.01. The van der Waals surface area contributed by atoms with Crippen molar-refractivity contribution in [2.24, 2.45) is 0 Å².